The van der Waals surface area contributed by atoms with Crippen molar-refractivity contribution in [3.05, 3.63) is 39.9 Å². The molecular formula is C14H19ClN2O3. The van der Waals surface area contributed by atoms with Crippen molar-refractivity contribution < 1.29 is 9.72 Å². The molecule has 0 bridgehead atoms. The van der Waals surface area contributed by atoms with Gasteiger partial charge in [0.15, 0.2) is 0 Å². The molecule has 0 saturated carbocycles. The zero-order valence-corrected chi connectivity index (χ0v) is 12.6. The van der Waals surface area contributed by atoms with E-state index in [4.69, 9.17) is 11.6 Å². The third kappa shape index (κ3) is 5.57. The number of hydrogen-bond donors (Lipinski definition) is 1. The van der Waals surface area contributed by atoms with E-state index >= 15 is 0 Å². The Bertz CT molecular complexity index is 480. The van der Waals surface area contributed by atoms with Gasteiger partial charge in [-0.25, -0.2) is 0 Å². The topological polar surface area (TPSA) is 72.2 Å². The van der Waals surface area contributed by atoms with Crippen molar-refractivity contribution in [3.63, 3.8) is 0 Å². The minimum Gasteiger partial charge on any atom is -0.351 e. The van der Waals surface area contributed by atoms with Gasteiger partial charge in [-0.15, -0.1) is 11.6 Å². The molecule has 110 valence electrons. The molecule has 0 fully saturated rings. The quantitative estimate of drug-likeness (QED) is 0.514. The van der Waals surface area contributed by atoms with Crippen LogP contribution in [0.4, 0.5) is 5.69 Å². The van der Waals surface area contributed by atoms with Crippen molar-refractivity contribution in [2.75, 3.05) is 6.54 Å². The number of halogens is 1. The standard InChI is InChI=1S/C14H19ClN2O3/c1-14(2,3)8-11(15)9-16-13(18)10-4-6-12(7-5-10)17(19)20/h4-7,11H,8-9H2,1-3H3,(H,16,18). The zero-order valence-electron chi connectivity index (χ0n) is 11.9. The molecule has 5 nitrogen and oxygen atoms in total. The van der Waals surface area contributed by atoms with Gasteiger partial charge in [0.1, 0.15) is 0 Å². The fourth-order valence-electron chi connectivity index (χ4n) is 1.78. The predicted molar refractivity (Wildman–Crippen MR) is 79.1 cm³/mol. The average molecular weight is 299 g/mol. The van der Waals surface area contributed by atoms with Crippen LogP contribution in [-0.4, -0.2) is 22.8 Å². The van der Waals surface area contributed by atoms with Gasteiger partial charge in [-0.1, -0.05) is 20.8 Å². The van der Waals surface area contributed by atoms with E-state index < -0.39 is 4.92 Å². The SMILES string of the molecule is CC(C)(C)CC(Cl)CNC(=O)c1ccc([N+](=O)[O-])cc1. The van der Waals surface area contributed by atoms with Crippen LogP contribution < -0.4 is 5.32 Å². The van der Waals surface area contributed by atoms with E-state index in [2.05, 4.69) is 26.1 Å². The van der Waals surface area contributed by atoms with Crippen LogP contribution in [0.3, 0.4) is 0 Å². The van der Waals surface area contributed by atoms with Crippen LogP contribution in [0, 0.1) is 15.5 Å². The summed E-state index contributed by atoms with van der Waals surface area (Å²) in [7, 11) is 0. The number of non-ortho nitro benzene ring substituents is 1. The van der Waals surface area contributed by atoms with Gasteiger partial charge in [0.25, 0.3) is 11.6 Å². The fourth-order valence-corrected chi connectivity index (χ4v) is 2.32. The third-order valence-corrected chi connectivity index (χ3v) is 2.97. The molecular weight excluding hydrogens is 280 g/mol. The van der Waals surface area contributed by atoms with Gasteiger partial charge in [-0.2, -0.15) is 0 Å². The fraction of sp³-hybridized carbons (Fsp3) is 0.500. The summed E-state index contributed by atoms with van der Waals surface area (Å²) < 4.78 is 0. The second kappa shape index (κ2) is 6.70. The molecule has 1 N–H and O–H groups in total. The van der Waals surface area contributed by atoms with Crippen molar-refractivity contribution >= 4 is 23.2 Å². The van der Waals surface area contributed by atoms with Crippen molar-refractivity contribution in [2.45, 2.75) is 32.6 Å². The molecule has 1 amide bonds. The second-order valence-electron chi connectivity index (χ2n) is 5.88. The number of amides is 1. The zero-order chi connectivity index (χ0) is 15.3. The highest BCUT2D eigenvalue weighted by molar-refractivity contribution is 6.21. The first kappa shape index (κ1) is 16.4. The summed E-state index contributed by atoms with van der Waals surface area (Å²) in [6.45, 7) is 6.62. The maximum absolute atomic E-state index is 11.9. The van der Waals surface area contributed by atoms with Crippen LogP contribution >= 0.6 is 11.6 Å². The number of nitro benzene ring substituents is 1. The normalized spacial score (nSPS) is 12.8. The summed E-state index contributed by atoms with van der Waals surface area (Å²) in [6, 6.07) is 5.48. The molecule has 0 aliphatic heterocycles. The molecule has 1 aromatic rings. The average Bonchev–Trinajstić information content (AvgIpc) is 2.34. The molecule has 1 aromatic carbocycles. The summed E-state index contributed by atoms with van der Waals surface area (Å²) in [4.78, 5) is 21.9. The Kier molecular flexibility index (Phi) is 5.51. The minimum atomic E-state index is -0.500. The van der Waals surface area contributed by atoms with E-state index in [1.54, 1.807) is 0 Å². The molecule has 0 heterocycles. The Balaban J connectivity index is 2.53. The lowest BCUT2D eigenvalue weighted by Gasteiger charge is -2.21. The molecule has 20 heavy (non-hydrogen) atoms. The molecule has 0 aliphatic carbocycles. The number of rotatable bonds is 5. The predicted octanol–water partition coefficient (Wildman–Crippen LogP) is 3.37. The molecule has 1 atom stereocenters. The van der Waals surface area contributed by atoms with Crippen LogP contribution in [0.2, 0.25) is 0 Å². The number of nitrogens with one attached hydrogen (secondary N) is 1. The highest BCUT2D eigenvalue weighted by Gasteiger charge is 2.17. The van der Waals surface area contributed by atoms with E-state index in [0.717, 1.165) is 6.42 Å². The Morgan fingerprint density at radius 2 is 1.90 bits per heavy atom. The Hall–Kier alpha value is -1.62. The van der Waals surface area contributed by atoms with E-state index in [1.165, 1.54) is 24.3 Å². The van der Waals surface area contributed by atoms with Gasteiger partial charge in [0.2, 0.25) is 0 Å². The van der Waals surface area contributed by atoms with Crippen molar-refractivity contribution in [2.24, 2.45) is 5.41 Å². The smallest absolute Gasteiger partial charge is 0.269 e. The van der Waals surface area contributed by atoms with Crippen molar-refractivity contribution in [1.29, 1.82) is 0 Å². The van der Waals surface area contributed by atoms with Crippen LogP contribution in [-0.2, 0) is 0 Å². The molecule has 0 aromatic heterocycles. The highest BCUT2D eigenvalue weighted by Crippen LogP contribution is 2.23. The van der Waals surface area contributed by atoms with Crippen LogP contribution in [0.25, 0.3) is 0 Å². The summed E-state index contributed by atoms with van der Waals surface area (Å²) in [5, 5.41) is 13.1. The van der Waals surface area contributed by atoms with Crippen molar-refractivity contribution in [3.8, 4) is 0 Å². The summed E-state index contributed by atoms with van der Waals surface area (Å²) in [5.74, 6) is -0.278. The lowest BCUT2D eigenvalue weighted by atomic mass is 9.90. The maximum atomic E-state index is 11.9. The molecule has 1 unspecified atom stereocenters. The molecule has 6 heteroatoms. The number of carbonyl (C=O) groups is 1. The Morgan fingerprint density at radius 3 is 2.35 bits per heavy atom. The number of carbonyl (C=O) groups excluding carboxylic acids is 1. The van der Waals surface area contributed by atoms with Gasteiger partial charge >= 0.3 is 0 Å². The Morgan fingerprint density at radius 1 is 1.35 bits per heavy atom. The first-order valence-corrected chi connectivity index (χ1v) is 6.79. The highest BCUT2D eigenvalue weighted by atomic mass is 35.5. The third-order valence-electron chi connectivity index (χ3n) is 2.66. The summed E-state index contributed by atoms with van der Waals surface area (Å²) in [5.41, 5.74) is 0.449. The molecule has 0 aliphatic rings. The van der Waals surface area contributed by atoms with E-state index in [0.29, 0.717) is 12.1 Å². The van der Waals surface area contributed by atoms with E-state index in [9.17, 15) is 14.9 Å². The largest absolute Gasteiger partial charge is 0.351 e. The van der Waals surface area contributed by atoms with Crippen molar-refractivity contribution in [1.82, 2.24) is 5.32 Å². The summed E-state index contributed by atoms with van der Waals surface area (Å²) in [6.07, 6.45) is 0.787. The molecule has 1 rings (SSSR count). The van der Waals surface area contributed by atoms with Gasteiger partial charge < -0.3 is 5.32 Å². The monoisotopic (exact) mass is 298 g/mol. The molecule has 0 spiro atoms. The minimum absolute atomic E-state index is 0.0375. The van der Waals surface area contributed by atoms with E-state index in [-0.39, 0.29) is 22.4 Å². The second-order valence-corrected chi connectivity index (χ2v) is 6.49. The number of nitro groups is 1. The van der Waals surface area contributed by atoms with Crippen LogP contribution in [0.1, 0.15) is 37.6 Å². The van der Waals surface area contributed by atoms with Gasteiger partial charge in [-0.05, 0) is 24.0 Å². The van der Waals surface area contributed by atoms with Gasteiger partial charge in [-0.3, -0.25) is 14.9 Å². The van der Waals surface area contributed by atoms with Gasteiger partial charge in [0.05, 0.1) is 10.3 Å². The number of alkyl halides is 1. The lowest BCUT2D eigenvalue weighted by molar-refractivity contribution is -0.384. The molecule has 0 saturated heterocycles. The maximum Gasteiger partial charge on any atom is 0.269 e. The summed E-state index contributed by atoms with van der Waals surface area (Å²) >= 11 is 6.16. The number of nitrogens with zero attached hydrogens (tertiary/aromatic N) is 1. The van der Waals surface area contributed by atoms with Crippen LogP contribution in [0.15, 0.2) is 24.3 Å². The lowest BCUT2D eigenvalue weighted by Crippen LogP contribution is -2.31. The van der Waals surface area contributed by atoms with Gasteiger partial charge in [0, 0.05) is 24.2 Å². The first-order chi connectivity index (χ1) is 9.19. The molecule has 0 radical (unpaired) electrons. The first-order valence-electron chi connectivity index (χ1n) is 6.36. The number of hydrogen-bond acceptors (Lipinski definition) is 3. The van der Waals surface area contributed by atoms with E-state index in [1.807, 2.05) is 0 Å². The number of benzene rings is 1. The van der Waals surface area contributed by atoms with Crippen LogP contribution in [0.5, 0.6) is 0 Å². The Labute approximate surface area is 123 Å².